The zero-order valence-electron chi connectivity index (χ0n) is 13.8. The van der Waals surface area contributed by atoms with E-state index in [1.807, 2.05) is 17.0 Å². The number of hydrogen-bond acceptors (Lipinski definition) is 2. The van der Waals surface area contributed by atoms with Gasteiger partial charge in [-0.3, -0.25) is 4.79 Å². The van der Waals surface area contributed by atoms with Crippen molar-refractivity contribution in [2.75, 3.05) is 6.54 Å². The number of hydrogen-bond donors (Lipinski definition) is 0. The van der Waals surface area contributed by atoms with Gasteiger partial charge in [0, 0.05) is 13.5 Å². The molecule has 0 N–H and O–H groups in total. The summed E-state index contributed by atoms with van der Waals surface area (Å²) in [5.41, 5.74) is 3.02. The van der Waals surface area contributed by atoms with Gasteiger partial charge in [-0.15, -0.1) is 0 Å². The zero-order valence-corrected chi connectivity index (χ0v) is 13.8. The quantitative estimate of drug-likeness (QED) is 0.776. The maximum Gasteiger partial charge on any atom is 0.219 e. The molecule has 1 amide bonds. The maximum absolute atomic E-state index is 12.0. The third kappa shape index (κ3) is 3.58. The highest BCUT2D eigenvalue weighted by Gasteiger charge is 2.32. The summed E-state index contributed by atoms with van der Waals surface area (Å²) >= 11 is 0. The van der Waals surface area contributed by atoms with Crippen LogP contribution in [0.2, 0.25) is 0 Å². The van der Waals surface area contributed by atoms with E-state index in [4.69, 9.17) is 4.42 Å². The average Bonchev–Trinajstić information content (AvgIpc) is 2.92. The standard InChI is InChI=1S/C18H27NO2/c1-12-9-13(2)18(15(4)14(12)3)11-19(16(5)20)10-17-7-6-8-21-17/h6-8,13,15,18H,9-11H2,1-5H3/t13-,15-,18-/m1/s1. The molecular formula is C18H27NO2. The Morgan fingerprint density at radius 1 is 1.38 bits per heavy atom. The second kappa shape index (κ2) is 6.50. The number of allylic oxidation sites excluding steroid dienone is 2. The number of amides is 1. The van der Waals surface area contributed by atoms with Crippen LogP contribution in [0.4, 0.5) is 0 Å². The molecule has 2 rings (SSSR count). The van der Waals surface area contributed by atoms with E-state index < -0.39 is 0 Å². The molecule has 1 aliphatic carbocycles. The number of nitrogens with zero attached hydrogens (tertiary/aromatic N) is 1. The van der Waals surface area contributed by atoms with Crippen molar-refractivity contribution in [2.24, 2.45) is 17.8 Å². The van der Waals surface area contributed by atoms with Crippen molar-refractivity contribution in [3.05, 3.63) is 35.3 Å². The Morgan fingerprint density at radius 2 is 2.10 bits per heavy atom. The smallest absolute Gasteiger partial charge is 0.219 e. The summed E-state index contributed by atoms with van der Waals surface area (Å²) in [5, 5.41) is 0. The van der Waals surface area contributed by atoms with Crippen LogP contribution in [0.15, 0.2) is 34.0 Å². The Kier molecular flexibility index (Phi) is 4.92. The first-order valence-corrected chi connectivity index (χ1v) is 7.84. The van der Waals surface area contributed by atoms with E-state index in [0.717, 1.165) is 18.7 Å². The van der Waals surface area contributed by atoms with Gasteiger partial charge >= 0.3 is 0 Å². The van der Waals surface area contributed by atoms with E-state index in [0.29, 0.717) is 24.3 Å². The number of furan rings is 1. The lowest BCUT2D eigenvalue weighted by Gasteiger charge is -2.39. The third-order valence-electron chi connectivity index (χ3n) is 5.16. The van der Waals surface area contributed by atoms with Crippen molar-refractivity contribution < 1.29 is 9.21 Å². The fraction of sp³-hybridized carbons (Fsp3) is 0.611. The van der Waals surface area contributed by atoms with Crippen LogP contribution in [0, 0.1) is 17.8 Å². The SMILES string of the molecule is CC(=O)N(Cc1ccco1)C[C@@H]1[C@H](C)CC(C)=C(C)[C@H]1C. The van der Waals surface area contributed by atoms with Gasteiger partial charge in [0.15, 0.2) is 0 Å². The Bertz CT molecular complexity index is 515. The molecule has 0 unspecified atom stereocenters. The lowest BCUT2D eigenvalue weighted by Crippen LogP contribution is -2.39. The molecule has 21 heavy (non-hydrogen) atoms. The molecule has 3 nitrogen and oxygen atoms in total. The Labute approximate surface area is 128 Å². The van der Waals surface area contributed by atoms with Crippen molar-refractivity contribution in [1.29, 1.82) is 0 Å². The molecule has 0 aromatic carbocycles. The number of rotatable bonds is 4. The highest BCUT2D eigenvalue weighted by Crippen LogP contribution is 2.38. The van der Waals surface area contributed by atoms with Gasteiger partial charge in [-0.2, -0.15) is 0 Å². The van der Waals surface area contributed by atoms with Crippen molar-refractivity contribution >= 4 is 5.91 Å². The Hall–Kier alpha value is -1.51. The highest BCUT2D eigenvalue weighted by molar-refractivity contribution is 5.73. The molecule has 3 heteroatoms. The fourth-order valence-electron chi connectivity index (χ4n) is 3.49. The molecule has 116 valence electrons. The first-order valence-electron chi connectivity index (χ1n) is 7.84. The molecule has 3 atom stereocenters. The van der Waals surface area contributed by atoms with Gasteiger partial charge in [-0.25, -0.2) is 0 Å². The summed E-state index contributed by atoms with van der Waals surface area (Å²) in [6, 6.07) is 3.80. The van der Waals surface area contributed by atoms with Crippen molar-refractivity contribution in [3.63, 3.8) is 0 Å². The predicted octanol–water partition coefficient (Wildman–Crippen LogP) is 4.26. The van der Waals surface area contributed by atoms with E-state index in [-0.39, 0.29) is 5.91 Å². The molecule has 0 fully saturated rings. The van der Waals surface area contributed by atoms with E-state index in [1.54, 1.807) is 13.2 Å². The first-order chi connectivity index (χ1) is 9.90. The molecule has 1 heterocycles. The summed E-state index contributed by atoms with van der Waals surface area (Å²) in [6.07, 6.45) is 2.81. The van der Waals surface area contributed by atoms with E-state index in [2.05, 4.69) is 27.7 Å². The topological polar surface area (TPSA) is 33.5 Å². The van der Waals surface area contributed by atoms with Gasteiger partial charge in [0.2, 0.25) is 5.91 Å². The Morgan fingerprint density at radius 3 is 2.67 bits per heavy atom. The largest absolute Gasteiger partial charge is 0.467 e. The van der Waals surface area contributed by atoms with Gasteiger partial charge in [-0.05, 0) is 50.2 Å². The van der Waals surface area contributed by atoms with Crippen molar-refractivity contribution in [3.8, 4) is 0 Å². The first kappa shape index (κ1) is 15.9. The van der Waals surface area contributed by atoms with Crippen LogP contribution in [-0.4, -0.2) is 17.4 Å². The van der Waals surface area contributed by atoms with Gasteiger partial charge in [0.05, 0.1) is 12.8 Å². The molecule has 0 bridgehead atoms. The van der Waals surface area contributed by atoms with Crippen LogP contribution in [0.3, 0.4) is 0 Å². The van der Waals surface area contributed by atoms with Crippen LogP contribution >= 0.6 is 0 Å². The second-order valence-electron chi connectivity index (χ2n) is 6.58. The molecule has 0 aliphatic heterocycles. The monoisotopic (exact) mass is 289 g/mol. The van der Waals surface area contributed by atoms with Crippen molar-refractivity contribution in [2.45, 2.75) is 47.6 Å². The molecule has 0 saturated heterocycles. The Balaban J connectivity index is 2.11. The molecular weight excluding hydrogens is 262 g/mol. The molecule has 1 aliphatic rings. The number of carbonyl (C=O) groups is 1. The number of carbonyl (C=O) groups excluding carboxylic acids is 1. The van der Waals surface area contributed by atoms with Crippen LogP contribution in [-0.2, 0) is 11.3 Å². The molecule has 0 radical (unpaired) electrons. The van der Waals surface area contributed by atoms with Crippen LogP contribution in [0.5, 0.6) is 0 Å². The lowest BCUT2D eigenvalue weighted by molar-refractivity contribution is -0.130. The normalized spacial score (nSPS) is 26.0. The summed E-state index contributed by atoms with van der Waals surface area (Å²) in [7, 11) is 0. The summed E-state index contributed by atoms with van der Waals surface area (Å²) in [4.78, 5) is 13.9. The van der Waals surface area contributed by atoms with Crippen LogP contribution in [0.1, 0.15) is 46.8 Å². The average molecular weight is 289 g/mol. The predicted molar refractivity (Wildman–Crippen MR) is 84.6 cm³/mol. The van der Waals surface area contributed by atoms with Gasteiger partial charge in [0.1, 0.15) is 5.76 Å². The zero-order chi connectivity index (χ0) is 15.6. The third-order valence-corrected chi connectivity index (χ3v) is 5.16. The summed E-state index contributed by atoms with van der Waals surface area (Å²) in [6.45, 7) is 12.1. The molecule has 1 aromatic rings. The van der Waals surface area contributed by atoms with E-state index in [1.165, 1.54) is 11.1 Å². The van der Waals surface area contributed by atoms with Gasteiger partial charge in [-0.1, -0.05) is 25.0 Å². The fourth-order valence-corrected chi connectivity index (χ4v) is 3.49. The van der Waals surface area contributed by atoms with Crippen LogP contribution in [0.25, 0.3) is 0 Å². The van der Waals surface area contributed by atoms with Crippen molar-refractivity contribution in [1.82, 2.24) is 4.90 Å². The van der Waals surface area contributed by atoms with E-state index in [9.17, 15) is 4.79 Å². The van der Waals surface area contributed by atoms with Crippen LogP contribution < -0.4 is 0 Å². The lowest BCUT2D eigenvalue weighted by atomic mass is 9.71. The molecule has 0 spiro atoms. The summed E-state index contributed by atoms with van der Waals surface area (Å²) in [5.74, 6) is 2.64. The molecule has 1 aromatic heterocycles. The minimum atomic E-state index is 0.120. The second-order valence-corrected chi connectivity index (χ2v) is 6.58. The molecule has 0 saturated carbocycles. The summed E-state index contributed by atoms with van der Waals surface area (Å²) < 4.78 is 5.39. The van der Waals surface area contributed by atoms with Gasteiger partial charge < -0.3 is 9.32 Å². The maximum atomic E-state index is 12.0. The van der Waals surface area contributed by atoms with Gasteiger partial charge in [0.25, 0.3) is 0 Å². The minimum absolute atomic E-state index is 0.120. The highest BCUT2D eigenvalue weighted by atomic mass is 16.3. The van der Waals surface area contributed by atoms with E-state index >= 15 is 0 Å². The minimum Gasteiger partial charge on any atom is -0.467 e.